The van der Waals surface area contributed by atoms with Crippen LogP contribution in [0, 0.1) is 17.6 Å². The molecule has 2 fully saturated rings. The minimum absolute atomic E-state index is 0.0694. The molecule has 1 saturated carbocycles. The van der Waals surface area contributed by atoms with Gasteiger partial charge in [0.2, 0.25) is 0 Å². The van der Waals surface area contributed by atoms with Crippen molar-refractivity contribution < 1.29 is 18.3 Å². The van der Waals surface area contributed by atoms with Crippen LogP contribution in [0.15, 0.2) is 49.1 Å². The lowest BCUT2D eigenvalue weighted by Crippen LogP contribution is -2.72. The Bertz CT molecular complexity index is 866. The van der Waals surface area contributed by atoms with Gasteiger partial charge in [-0.2, -0.15) is 0 Å². The van der Waals surface area contributed by atoms with Crippen LogP contribution in [0.2, 0.25) is 0 Å². The van der Waals surface area contributed by atoms with Crippen LogP contribution in [0.5, 0.6) is 0 Å². The van der Waals surface area contributed by atoms with Gasteiger partial charge in [-0.3, -0.25) is 9.69 Å². The van der Waals surface area contributed by atoms with E-state index in [2.05, 4.69) is 30.3 Å². The largest absolute Gasteiger partial charge is 0.496 e. The van der Waals surface area contributed by atoms with E-state index in [0.717, 1.165) is 31.1 Å². The Hall–Kier alpha value is -2.47. The number of amides is 1. The average Bonchev–Trinajstić information content (AvgIpc) is 2.71. The first kappa shape index (κ1) is 23.2. The molecule has 1 heterocycles. The summed E-state index contributed by atoms with van der Waals surface area (Å²) in [6.07, 6.45) is 8.79. The summed E-state index contributed by atoms with van der Waals surface area (Å²) in [5, 5.41) is 3.11. The smallest absolute Gasteiger partial charge is 0.251 e. The van der Waals surface area contributed by atoms with E-state index in [-0.39, 0.29) is 28.3 Å². The second-order valence-corrected chi connectivity index (χ2v) is 8.91. The van der Waals surface area contributed by atoms with Crippen molar-refractivity contribution in [2.45, 2.75) is 50.6 Å². The summed E-state index contributed by atoms with van der Waals surface area (Å²) in [4.78, 5) is 15.3. The van der Waals surface area contributed by atoms with Gasteiger partial charge in [-0.05, 0) is 56.2 Å². The first-order valence-electron chi connectivity index (χ1n) is 10.8. The van der Waals surface area contributed by atoms with Gasteiger partial charge in [0, 0.05) is 30.8 Å². The van der Waals surface area contributed by atoms with Gasteiger partial charge in [0.25, 0.3) is 5.91 Å². The SMILES string of the molecule is C=CCC1(NC(=O)C(=C)/C=C(\OC)c2ccc(F)cc2F)CN(C2CCC(C)CC2)C1. The lowest BCUT2D eigenvalue weighted by Gasteiger charge is -2.54. The predicted octanol–water partition coefficient (Wildman–Crippen LogP) is 4.83. The minimum atomic E-state index is -0.763. The molecule has 31 heavy (non-hydrogen) atoms. The molecule has 0 bridgehead atoms. The molecule has 0 radical (unpaired) electrons. The van der Waals surface area contributed by atoms with Crippen LogP contribution in [0.25, 0.3) is 5.76 Å². The van der Waals surface area contributed by atoms with Crippen molar-refractivity contribution in [1.29, 1.82) is 0 Å². The number of nitrogens with zero attached hydrogens (tertiary/aromatic N) is 1. The maximum Gasteiger partial charge on any atom is 0.251 e. The fraction of sp³-hybridized carbons (Fsp3) is 0.480. The zero-order valence-corrected chi connectivity index (χ0v) is 18.4. The Balaban J connectivity index is 1.66. The molecule has 1 saturated heterocycles. The van der Waals surface area contributed by atoms with E-state index < -0.39 is 11.6 Å². The number of methoxy groups -OCH3 is 1. The fourth-order valence-electron chi connectivity index (χ4n) is 4.61. The Kier molecular flexibility index (Phi) is 7.31. The van der Waals surface area contributed by atoms with Gasteiger partial charge < -0.3 is 10.1 Å². The number of nitrogens with one attached hydrogen (secondary N) is 1. The molecular formula is C25H32F2N2O2. The monoisotopic (exact) mass is 430 g/mol. The third kappa shape index (κ3) is 5.42. The number of rotatable bonds is 8. The number of carbonyl (C=O) groups is 1. The molecule has 0 aromatic heterocycles. The summed E-state index contributed by atoms with van der Waals surface area (Å²) in [6, 6.07) is 3.77. The lowest BCUT2D eigenvalue weighted by molar-refractivity contribution is -0.122. The van der Waals surface area contributed by atoms with Gasteiger partial charge >= 0.3 is 0 Å². The van der Waals surface area contributed by atoms with E-state index in [1.54, 1.807) is 0 Å². The van der Waals surface area contributed by atoms with E-state index in [0.29, 0.717) is 12.5 Å². The van der Waals surface area contributed by atoms with Crippen LogP contribution in [0.4, 0.5) is 8.78 Å². The molecule has 0 unspecified atom stereocenters. The number of carbonyl (C=O) groups excluding carboxylic acids is 1. The molecule has 0 atom stereocenters. The van der Waals surface area contributed by atoms with Gasteiger partial charge in [0.1, 0.15) is 17.4 Å². The Morgan fingerprint density at radius 2 is 1.97 bits per heavy atom. The second-order valence-electron chi connectivity index (χ2n) is 8.91. The van der Waals surface area contributed by atoms with E-state index in [4.69, 9.17) is 4.74 Å². The van der Waals surface area contributed by atoms with Crippen LogP contribution < -0.4 is 5.32 Å². The topological polar surface area (TPSA) is 41.6 Å². The van der Waals surface area contributed by atoms with Gasteiger partial charge in [-0.25, -0.2) is 8.78 Å². The Morgan fingerprint density at radius 1 is 1.29 bits per heavy atom. The Morgan fingerprint density at radius 3 is 2.55 bits per heavy atom. The number of halogens is 2. The second kappa shape index (κ2) is 9.77. The molecule has 168 valence electrons. The highest BCUT2D eigenvalue weighted by Gasteiger charge is 2.46. The van der Waals surface area contributed by atoms with Crippen molar-refractivity contribution in [1.82, 2.24) is 10.2 Å². The lowest BCUT2D eigenvalue weighted by atomic mass is 9.80. The van der Waals surface area contributed by atoms with Crippen molar-refractivity contribution in [3.8, 4) is 0 Å². The summed E-state index contributed by atoms with van der Waals surface area (Å²) in [7, 11) is 1.37. The Labute approximate surface area is 183 Å². The van der Waals surface area contributed by atoms with Crippen molar-refractivity contribution in [3.05, 3.63) is 66.3 Å². The van der Waals surface area contributed by atoms with Gasteiger partial charge in [0.05, 0.1) is 18.2 Å². The van der Waals surface area contributed by atoms with E-state index in [1.165, 1.54) is 44.9 Å². The fourth-order valence-corrected chi connectivity index (χ4v) is 4.61. The number of likely N-dealkylation sites (tertiary alicyclic amines) is 1. The third-order valence-electron chi connectivity index (χ3n) is 6.44. The molecule has 1 N–H and O–H groups in total. The molecule has 4 nitrogen and oxygen atoms in total. The molecule has 1 aromatic rings. The normalized spacial score (nSPS) is 23.5. The summed E-state index contributed by atoms with van der Waals surface area (Å²) in [5.41, 5.74) is -0.151. The standard InChI is InChI=1S/C25H32F2N2O2/c1-5-12-25(15-29(16-25)20-9-6-17(2)7-10-20)28-24(30)18(3)13-23(31-4)21-11-8-19(26)14-22(21)27/h5,8,11,13-14,17,20H,1,3,6-7,9-10,12,15-16H2,2,4H3,(H,28,30)/b23-13-. The molecule has 1 aromatic carbocycles. The summed E-state index contributed by atoms with van der Waals surface area (Å²) >= 11 is 0. The van der Waals surface area contributed by atoms with E-state index in [1.807, 2.05) is 6.08 Å². The van der Waals surface area contributed by atoms with Crippen molar-refractivity contribution >= 4 is 11.7 Å². The van der Waals surface area contributed by atoms with Gasteiger partial charge in [0.15, 0.2) is 0 Å². The van der Waals surface area contributed by atoms with Crippen LogP contribution in [0.1, 0.15) is 44.6 Å². The first-order chi connectivity index (χ1) is 14.8. The van der Waals surface area contributed by atoms with E-state index >= 15 is 0 Å². The highest BCUT2D eigenvalue weighted by atomic mass is 19.1. The maximum atomic E-state index is 14.1. The number of hydrogen-bond acceptors (Lipinski definition) is 3. The van der Waals surface area contributed by atoms with Gasteiger partial charge in [-0.15, -0.1) is 6.58 Å². The summed E-state index contributed by atoms with van der Waals surface area (Å²) < 4.78 is 32.5. The molecule has 0 spiro atoms. The molecular weight excluding hydrogens is 398 g/mol. The van der Waals surface area contributed by atoms with Crippen LogP contribution >= 0.6 is 0 Å². The summed E-state index contributed by atoms with van der Waals surface area (Å²) in [6.45, 7) is 11.5. The van der Waals surface area contributed by atoms with Crippen LogP contribution in [0.3, 0.4) is 0 Å². The van der Waals surface area contributed by atoms with Crippen molar-refractivity contribution in [2.24, 2.45) is 5.92 Å². The number of hydrogen-bond donors (Lipinski definition) is 1. The van der Waals surface area contributed by atoms with Crippen LogP contribution in [-0.2, 0) is 9.53 Å². The highest BCUT2D eigenvalue weighted by molar-refractivity contribution is 5.97. The zero-order valence-electron chi connectivity index (χ0n) is 18.4. The van der Waals surface area contributed by atoms with Crippen molar-refractivity contribution in [3.63, 3.8) is 0 Å². The highest BCUT2D eigenvalue weighted by Crippen LogP contribution is 2.34. The van der Waals surface area contributed by atoms with Crippen molar-refractivity contribution in [2.75, 3.05) is 20.2 Å². The molecule has 1 amide bonds. The summed E-state index contributed by atoms with van der Waals surface area (Å²) in [5.74, 6) is -0.869. The number of benzene rings is 1. The number of ether oxygens (including phenoxy) is 1. The first-order valence-corrected chi connectivity index (χ1v) is 10.8. The van der Waals surface area contributed by atoms with E-state index in [9.17, 15) is 13.6 Å². The molecule has 2 aliphatic rings. The van der Waals surface area contributed by atoms with Gasteiger partial charge in [-0.1, -0.05) is 19.6 Å². The average molecular weight is 431 g/mol. The minimum Gasteiger partial charge on any atom is -0.496 e. The predicted molar refractivity (Wildman–Crippen MR) is 119 cm³/mol. The quantitative estimate of drug-likeness (QED) is 0.278. The molecule has 6 heteroatoms. The molecule has 1 aliphatic carbocycles. The zero-order chi connectivity index (χ0) is 22.6. The maximum absolute atomic E-state index is 14.1. The molecule has 3 rings (SSSR count). The molecule has 1 aliphatic heterocycles. The third-order valence-corrected chi connectivity index (χ3v) is 6.44. The van der Waals surface area contributed by atoms with Crippen LogP contribution in [-0.4, -0.2) is 42.6 Å².